The summed E-state index contributed by atoms with van der Waals surface area (Å²) in [6.07, 6.45) is 1.40. The highest BCUT2D eigenvalue weighted by atomic mass is 35.5. The second-order valence-electron chi connectivity index (χ2n) is 6.66. The fourth-order valence-corrected chi connectivity index (χ4v) is 5.06. The minimum absolute atomic E-state index is 0.0314. The number of carbonyl (C=O) groups excluding carboxylic acids is 1. The fraction of sp³-hybridized carbons (Fsp3) is 0.381. The van der Waals surface area contributed by atoms with Gasteiger partial charge < -0.3 is 5.32 Å². The molecule has 0 spiro atoms. The number of hydrogen-bond acceptors (Lipinski definition) is 3. The van der Waals surface area contributed by atoms with Gasteiger partial charge >= 0.3 is 0 Å². The van der Waals surface area contributed by atoms with Gasteiger partial charge in [0.15, 0.2) is 0 Å². The first kappa shape index (κ1) is 22.4. The van der Waals surface area contributed by atoms with Gasteiger partial charge in [0.25, 0.3) is 5.91 Å². The molecule has 1 amide bonds. The molecule has 28 heavy (non-hydrogen) atoms. The minimum atomic E-state index is -3.77. The number of benzene rings is 2. The van der Waals surface area contributed by atoms with Crippen LogP contribution in [0.1, 0.15) is 55.6 Å². The van der Waals surface area contributed by atoms with Gasteiger partial charge in [-0.05, 0) is 43.5 Å². The number of nitrogens with one attached hydrogen (secondary N) is 1. The third-order valence-electron chi connectivity index (χ3n) is 4.40. The molecule has 0 fully saturated rings. The molecular formula is C21H27ClN2O3S. The van der Waals surface area contributed by atoms with Crippen LogP contribution in [0.2, 0.25) is 5.02 Å². The average Bonchev–Trinajstić information content (AvgIpc) is 2.68. The molecule has 2 aromatic carbocycles. The highest BCUT2D eigenvalue weighted by molar-refractivity contribution is 7.89. The van der Waals surface area contributed by atoms with E-state index in [4.69, 9.17) is 11.6 Å². The van der Waals surface area contributed by atoms with E-state index in [-0.39, 0.29) is 27.4 Å². The Morgan fingerprint density at radius 2 is 1.68 bits per heavy atom. The molecule has 152 valence electrons. The van der Waals surface area contributed by atoms with Crippen molar-refractivity contribution in [2.24, 2.45) is 0 Å². The SMILES string of the molecule is CCCN(CCC)S(=O)(=O)c1cc(C(=O)N[C@H](C)c2ccccc2)ccc1Cl. The summed E-state index contributed by atoms with van der Waals surface area (Å²) in [5, 5.41) is 3.02. The van der Waals surface area contributed by atoms with E-state index in [2.05, 4.69) is 5.32 Å². The summed E-state index contributed by atoms with van der Waals surface area (Å²) in [4.78, 5) is 12.6. The maximum absolute atomic E-state index is 13.1. The molecule has 1 N–H and O–H groups in total. The van der Waals surface area contributed by atoms with E-state index in [1.807, 2.05) is 51.1 Å². The van der Waals surface area contributed by atoms with Crippen LogP contribution in [0, 0.1) is 0 Å². The summed E-state index contributed by atoms with van der Waals surface area (Å²) >= 11 is 6.19. The Hall–Kier alpha value is -1.89. The lowest BCUT2D eigenvalue weighted by Gasteiger charge is -2.22. The molecular weight excluding hydrogens is 396 g/mol. The van der Waals surface area contributed by atoms with Gasteiger partial charge in [-0.15, -0.1) is 0 Å². The van der Waals surface area contributed by atoms with Crippen molar-refractivity contribution in [1.82, 2.24) is 9.62 Å². The molecule has 2 rings (SSSR count). The predicted octanol–water partition coefficient (Wildman–Crippen LogP) is 4.64. The van der Waals surface area contributed by atoms with Crippen molar-refractivity contribution in [3.63, 3.8) is 0 Å². The molecule has 7 heteroatoms. The number of nitrogens with zero attached hydrogens (tertiary/aromatic N) is 1. The van der Waals surface area contributed by atoms with Gasteiger partial charge in [0.05, 0.1) is 11.1 Å². The van der Waals surface area contributed by atoms with E-state index in [9.17, 15) is 13.2 Å². The maximum Gasteiger partial charge on any atom is 0.251 e. The maximum atomic E-state index is 13.1. The van der Waals surface area contributed by atoms with Crippen LogP contribution in [0.4, 0.5) is 0 Å². The molecule has 0 aliphatic rings. The molecule has 2 aromatic rings. The number of halogens is 1. The lowest BCUT2D eigenvalue weighted by atomic mass is 10.1. The van der Waals surface area contributed by atoms with Crippen LogP contribution in [-0.4, -0.2) is 31.7 Å². The zero-order valence-electron chi connectivity index (χ0n) is 16.5. The van der Waals surface area contributed by atoms with Crippen LogP contribution in [-0.2, 0) is 10.0 Å². The number of rotatable bonds is 9. The molecule has 0 bridgehead atoms. The Bertz CT molecular complexity index is 895. The number of hydrogen-bond donors (Lipinski definition) is 1. The van der Waals surface area contributed by atoms with Gasteiger partial charge in [-0.2, -0.15) is 4.31 Å². The molecule has 0 radical (unpaired) electrons. The Morgan fingerprint density at radius 1 is 1.07 bits per heavy atom. The first-order valence-corrected chi connectivity index (χ1v) is 11.3. The second kappa shape index (κ2) is 10.0. The first-order chi connectivity index (χ1) is 13.3. The molecule has 0 aliphatic carbocycles. The lowest BCUT2D eigenvalue weighted by Crippen LogP contribution is -2.33. The number of carbonyl (C=O) groups is 1. The highest BCUT2D eigenvalue weighted by Gasteiger charge is 2.27. The number of amides is 1. The lowest BCUT2D eigenvalue weighted by molar-refractivity contribution is 0.0939. The van der Waals surface area contributed by atoms with Gasteiger partial charge in [0, 0.05) is 18.7 Å². The van der Waals surface area contributed by atoms with Crippen molar-refractivity contribution >= 4 is 27.5 Å². The van der Waals surface area contributed by atoms with E-state index in [1.54, 1.807) is 6.07 Å². The van der Waals surface area contributed by atoms with Crippen LogP contribution in [0.25, 0.3) is 0 Å². The van der Waals surface area contributed by atoms with Gasteiger partial charge in [-0.1, -0.05) is 55.8 Å². The summed E-state index contributed by atoms with van der Waals surface area (Å²) in [6.45, 7) is 6.55. The number of sulfonamides is 1. The topological polar surface area (TPSA) is 66.5 Å². The van der Waals surface area contributed by atoms with E-state index < -0.39 is 10.0 Å². The Morgan fingerprint density at radius 3 is 2.25 bits per heavy atom. The Labute approximate surface area is 172 Å². The zero-order valence-corrected chi connectivity index (χ0v) is 18.1. The summed E-state index contributed by atoms with van der Waals surface area (Å²) in [5.41, 5.74) is 1.23. The molecule has 0 heterocycles. The monoisotopic (exact) mass is 422 g/mol. The van der Waals surface area contributed by atoms with Crippen molar-refractivity contribution in [2.75, 3.05) is 13.1 Å². The Kier molecular flexibility index (Phi) is 8.04. The summed E-state index contributed by atoms with van der Waals surface area (Å²) in [5.74, 6) is -0.345. The van der Waals surface area contributed by atoms with E-state index in [0.29, 0.717) is 25.9 Å². The molecule has 1 atom stereocenters. The second-order valence-corrected chi connectivity index (χ2v) is 8.97. The third-order valence-corrected chi connectivity index (χ3v) is 6.78. The Balaban J connectivity index is 2.30. The summed E-state index contributed by atoms with van der Waals surface area (Å²) in [6, 6.07) is 13.7. The molecule has 0 saturated heterocycles. The van der Waals surface area contributed by atoms with Crippen molar-refractivity contribution < 1.29 is 13.2 Å². The van der Waals surface area contributed by atoms with Crippen LogP contribution >= 0.6 is 11.6 Å². The molecule has 0 aromatic heterocycles. The van der Waals surface area contributed by atoms with Crippen molar-refractivity contribution in [3.8, 4) is 0 Å². The summed E-state index contributed by atoms with van der Waals surface area (Å²) in [7, 11) is -3.77. The third kappa shape index (κ3) is 5.34. The zero-order chi connectivity index (χ0) is 20.7. The standard InChI is InChI=1S/C21H27ClN2O3S/c1-4-13-24(14-5-2)28(26,27)20-15-18(11-12-19(20)22)21(25)23-16(3)17-9-7-6-8-10-17/h6-12,15-16H,4-5,13-14H2,1-3H3,(H,23,25)/t16-/m1/s1. The van der Waals surface area contributed by atoms with Gasteiger partial charge in [0.2, 0.25) is 10.0 Å². The summed E-state index contributed by atoms with van der Waals surface area (Å²) < 4.78 is 27.5. The van der Waals surface area contributed by atoms with Crippen LogP contribution in [0.5, 0.6) is 0 Å². The highest BCUT2D eigenvalue weighted by Crippen LogP contribution is 2.26. The predicted molar refractivity (Wildman–Crippen MR) is 113 cm³/mol. The average molecular weight is 423 g/mol. The minimum Gasteiger partial charge on any atom is -0.346 e. The molecule has 5 nitrogen and oxygen atoms in total. The van der Waals surface area contributed by atoms with E-state index in [0.717, 1.165) is 5.56 Å². The first-order valence-electron chi connectivity index (χ1n) is 9.46. The van der Waals surface area contributed by atoms with E-state index >= 15 is 0 Å². The van der Waals surface area contributed by atoms with Gasteiger partial charge in [-0.25, -0.2) is 8.42 Å². The normalized spacial score (nSPS) is 12.8. The smallest absolute Gasteiger partial charge is 0.251 e. The largest absolute Gasteiger partial charge is 0.346 e. The quantitative estimate of drug-likeness (QED) is 0.640. The van der Waals surface area contributed by atoms with Crippen LogP contribution in [0.15, 0.2) is 53.4 Å². The molecule has 0 unspecified atom stereocenters. The fourth-order valence-electron chi connectivity index (χ4n) is 2.94. The van der Waals surface area contributed by atoms with Crippen molar-refractivity contribution in [2.45, 2.75) is 44.6 Å². The van der Waals surface area contributed by atoms with Crippen LogP contribution < -0.4 is 5.32 Å². The molecule has 0 aliphatic heterocycles. The van der Waals surface area contributed by atoms with Crippen molar-refractivity contribution in [1.29, 1.82) is 0 Å². The van der Waals surface area contributed by atoms with Crippen LogP contribution in [0.3, 0.4) is 0 Å². The van der Waals surface area contributed by atoms with Crippen molar-refractivity contribution in [3.05, 3.63) is 64.7 Å². The van der Waals surface area contributed by atoms with Gasteiger partial charge in [0.1, 0.15) is 4.90 Å². The van der Waals surface area contributed by atoms with Gasteiger partial charge in [-0.3, -0.25) is 4.79 Å². The van der Waals surface area contributed by atoms with E-state index in [1.165, 1.54) is 16.4 Å². The molecule has 0 saturated carbocycles.